The second-order valence-corrected chi connectivity index (χ2v) is 13.2. The van der Waals surface area contributed by atoms with Gasteiger partial charge in [0.25, 0.3) is 0 Å². The minimum absolute atomic E-state index is 0.258. The van der Waals surface area contributed by atoms with Crippen molar-refractivity contribution < 1.29 is 0 Å². The first-order valence-corrected chi connectivity index (χ1v) is 9.99. The average Bonchev–Trinajstić information content (AvgIpc) is 2.74. The van der Waals surface area contributed by atoms with E-state index in [1.165, 1.54) is 0 Å². The van der Waals surface area contributed by atoms with E-state index in [0.717, 1.165) is 0 Å². The number of fused-ring (bicyclic) bond motifs is 1. The van der Waals surface area contributed by atoms with Crippen molar-refractivity contribution >= 4 is 9.52 Å². The molecule has 0 spiro atoms. The summed E-state index contributed by atoms with van der Waals surface area (Å²) in [6.45, 7) is 25.2. The lowest BCUT2D eigenvalue weighted by Gasteiger charge is -2.66. The van der Waals surface area contributed by atoms with Crippen molar-refractivity contribution in [3.63, 3.8) is 0 Å². The van der Waals surface area contributed by atoms with Gasteiger partial charge in [0, 0.05) is 0 Å². The minimum Gasteiger partial charge on any atom is -0.0801 e. The largest absolute Gasteiger partial charge is 0.0801 e. The normalized spacial score (nSPS) is 35.7. The second kappa shape index (κ2) is 4.37. The lowest BCUT2D eigenvalue weighted by Crippen LogP contribution is -2.59. The molecule has 0 aromatic carbocycles. The van der Waals surface area contributed by atoms with E-state index in [1.54, 1.807) is 5.20 Å². The molecule has 1 heterocycles. The third-order valence-corrected chi connectivity index (χ3v) is 11.7. The zero-order valence-corrected chi connectivity index (χ0v) is 17.4. The Labute approximate surface area is 135 Å². The van der Waals surface area contributed by atoms with E-state index in [1.807, 2.05) is 0 Å². The molecular formula is C20H36Si. The molecule has 21 heavy (non-hydrogen) atoms. The smallest absolute Gasteiger partial charge is 0.0565 e. The molecule has 120 valence electrons. The second-order valence-electron chi connectivity index (χ2n) is 10.3. The van der Waals surface area contributed by atoms with E-state index < -0.39 is 0 Å². The van der Waals surface area contributed by atoms with Crippen LogP contribution >= 0.6 is 0 Å². The van der Waals surface area contributed by atoms with Crippen LogP contribution in [0.3, 0.4) is 0 Å². The van der Waals surface area contributed by atoms with E-state index >= 15 is 0 Å². The molecule has 1 aliphatic carbocycles. The van der Waals surface area contributed by atoms with Crippen LogP contribution in [0.15, 0.2) is 23.4 Å². The first-order chi connectivity index (χ1) is 9.20. The van der Waals surface area contributed by atoms with Gasteiger partial charge in [0.1, 0.15) is 0 Å². The highest BCUT2D eigenvalue weighted by molar-refractivity contribution is 6.49. The number of allylic oxidation sites excluding steroid dienone is 4. The van der Waals surface area contributed by atoms with Gasteiger partial charge in [-0.2, -0.15) is 0 Å². The van der Waals surface area contributed by atoms with Gasteiger partial charge in [-0.15, -0.1) is 0 Å². The van der Waals surface area contributed by atoms with Crippen LogP contribution in [0.4, 0.5) is 0 Å². The van der Waals surface area contributed by atoms with Crippen molar-refractivity contribution in [2.45, 2.75) is 74.3 Å². The van der Waals surface area contributed by atoms with Gasteiger partial charge >= 0.3 is 0 Å². The highest BCUT2D eigenvalue weighted by Gasteiger charge is 2.62. The van der Waals surface area contributed by atoms with Crippen molar-refractivity contribution in [1.29, 1.82) is 0 Å². The maximum atomic E-state index is 2.53. The van der Waals surface area contributed by atoms with Gasteiger partial charge in [0.2, 0.25) is 0 Å². The van der Waals surface area contributed by atoms with Crippen molar-refractivity contribution in [2.24, 2.45) is 27.6 Å². The third-order valence-electron chi connectivity index (χ3n) is 8.86. The molecule has 1 saturated heterocycles. The summed E-state index contributed by atoms with van der Waals surface area (Å²) in [4.78, 5) is 0. The molecule has 1 heteroatoms. The summed E-state index contributed by atoms with van der Waals surface area (Å²) in [5, 5.41) is 2.21. The number of rotatable bonds is 0. The molecule has 0 saturated carbocycles. The van der Waals surface area contributed by atoms with Gasteiger partial charge in [-0.3, -0.25) is 0 Å². The van der Waals surface area contributed by atoms with Crippen LogP contribution in [0.25, 0.3) is 0 Å². The molecule has 0 nitrogen and oxygen atoms in total. The average molecular weight is 305 g/mol. The van der Waals surface area contributed by atoms with Crippen LogP contribution in [-0.2, 0) is 0 Å². The molecule has 1 fully saturated rings. The first kappa shape index (κ1) is 17.1. The molecule has 0 amide bonds. The van der Waals surface area contributed by atoms with E-state index in [9.17, 15) is 0 Å². The summed E-state index contributed by atoms with van der Waals surface area (Å²) in [5.74, 6) is 0.647. The van der Waals surface area contributed by atoms with E-state index in [-0.39, 0.29) is 25.8 Å². The fourth-order valence-electron chi connectivity index (χ4n) is 4.94. The van der Waals surface area contributed by atoms with Gasteiger partial charge in [-0.25, -0.2) is 0 Å². The van der Waals surface area contributed by atoms with E-state index in [0.29, 0.717) is 16.4 Å². The molecule has 0 aromatic heterocycles. The lowest BCUT2D eigenvalue weighted by molar-refractivity contribution is -0.121. The minimum atomic E-state index is -0.283. The van der Waals surface area contributed by atoms with Crippen LogP contribution in [0.2, 0.25) is 5.04 Å². The van der Waals surface area contributed by atoms with Crippen LogP contribution in [0, 0.1) is 27.6 Å². The van der Waals surface area contributed by atoms with Crippen molar-refractivity contribution in [3.05, 3.63) is 23.4 Å². The highest BCUT2D eigenvalue weighted by atomic mass is 28.2. The zero-order chi connectivity index (χ0) is 16.5. The highest BCUT2D eigenvalue weighted by Crippen LogP contribution is 2.70. The van der Waals surface area contributed by atoms with E-state index in [2.05, 4.69) is 87.5 Å². The van der Waals surface area contributed by atoms with Gasteiger partial charge in [0.15, 0.2) is 0 Å². The Balaban J connectivity index is 2.72. The Hall–Kier alpha value is -0.303. The van der Waals surface area contributed by atoms with Crippen LogP contribution in [0.5, 0.6) is 0 Å². The topological polar surface area (TPSA) is 0 Å². The Morgan fingerprint density at radius 3 is 1.81 bits per heavy atom. The Morgan fingerprint density at radius 1 is 0.762 bits per heavy atom. The molecule has 1 aliphatic heterocycles. The van der Waals surface area contributed by atoms with Gasteiger partial charge in [0.05, 0.1) is 9.52 Å². The number of hydrogen-bond acceptors (Lipinski definition) is 0. The Kier molecular flexibility index (Phi) is 3.55. The predicted molar refractivity (Wildman–Crippen MR) is 98.4 cm³/mol. The van der Waals surface area contributed by atoms with E-state index in [4.69, 9.17) is 0 Å². The maximum absolute atomic E-state index is 2.53. The summed E-state index contributed by atoms with van der Waals surface area (Å²) in [5.41, 5.74) is 1.15. The standard InChI is InChI=1S/C20H36Si/c1-16(2)14-12-11-13-15(14)21-20(9,10)19(7,8)18(5,6)17(16,3)4/h11-14H,21H2,1-10H3. The summed E-state index contributed by atoms with van der Waals surface area (Å²) < 4.78 is 0. The molecule has 0 aromatic rings. The molecule has 0 radical (unpaired) electrons. The SMILES string of the molecule is CC1(C)[SiH2]C2=CC=CC2C(C)(C)C(C)(C)C(C)(C)C1(C)C. The first-order valence-electron chi connectivity index (χ1n) is 8.57. The van der Waals surface area contributed by atoms with Gasteiger partial charge in [-0.05, 0) is 32.6 Å². The Bertz CT molecular complexity index is 498. The Morgan fingerprint density at radius 2 is 1.29 bits per heavy atom. The fraction of sp³-hybridized carbons (Fsp3) is 0.800. The summed E-state index contributed by atoms with van der Waals surface area (Å²) in [6, 6.07) is 0. The summed E-state index contributed by atoms with van der Waals surface area (Å²) in [7, 11) is -0.283. The molecule has 2 aliphatic rings. The summed E-state index contributed by atoms with van der Waals surface area (Å²) in [6.07, 6.45) is 7.26. The monoisotopic (exact) mass is 304 g/mol. The predicted octanol–water partition coefficient (Wildman–Crippen LogP) is 5.54. The molecule has 1 unspecified atom stereocenters. The quantitative estimate of drug-likeness (QED) is 0.515. The molecule has 0 N–H and O–H groups in total. The van der Waals surface area contributed by atoms with Gasteiger partial charge in [-0.1, -0.05) is 92.7 Å². The van der Waals surface area contributed by atoms with Crippen molar-refractivity contribution in [1.82, 2.24) is 0 Å². The molecule has 2 rings (SSSR count). The molecule has 0 bridgehead atoms. The van der Waals surface area contributed by atoms with Crippen LogP contribution in [-0.4, -0.2) is 9.52 Å². The third kappa shape index (κ3) is 1.92. The lowest BCUT2D eigenvalue weighted by atomic mass is 9.43. The maximum Gasteiger partial charge on any atom is 0.0565 e. The molecular weight excluding hydrogens is 268 g/mol. The number of hydrogen-bond donors (Lipinski definition) is 0. The van der Waals surface area contributed by atoms with Crippen LogP contribution < -0.4 is 0 Å². The van der Waals surface area contributed by atoms with Crippen molar-refractivity contribution in [2.75, 3.05) is 0 Å². The molecule has 1 atom stereocenters. The fourth-order valence-corrected chi connectivity index (χ4v) is 7.97. The zero-order valence-electron chi connectivity index (χ0n) is 16.0. The van der Waals surface area contributed by atoms with Crippen LogP contribution in [0.1, 0.15) is 69.2 Å². The van der Waals surface area contributed by atoms with Crippen molar-refractivity contribution in [3.8, 4) is 0 Å². The van der Waals surface area contributed by atoms with Gasteiger partial charge < -0.3 is 0 Å². The summed E-state index contributed by atoms with van der Waals surface area (Å²) >= 11 is 0.